The Morgan fingerprint density at radius 1 is 1.19 bits per heavy atom. The molecule has 2 aromatic rings. The number of nitrogens with one attached hydrogen (secondary N) is 3. The molecule has 0 aromatic heterocycles. The maximum absolute atomic E-state index is 12.4. The van der Waals surface area contributed by atoms with E-state index in [0.717, 1.165) is 42.5 Å². The van der Waals surface area contributed by atoms with Crippen LogP contribution >= 0.6 is 0 Å². The molecule has 0 aliphatic carbocycles. The summed E-state index contributed by atoms with van der Waals surface area (Å²) in [5.74, 6) is 1.58. The minimum atomic E-state index is -0.268. The monoisotopic (exact) mass is 437 g/mol. The molecule has 7 nitrogen and oxygen atoms in total. The van der Waals surface area contributed by atoms with Crippen LogP contribution in [0, 0.1) is 0 Å². The highest BCUT2D eigenvalue weighted by atomic mass is 16.5. The number of amides is 1. The van der Waals surface area contributed by atoms with E-state index in [1.807, 2.05) is 63.2 Å². The average molecular weight is 438 g/mol. The molecule has 3 N–H and O–H groups in total. The predicted molar refractivity (Wildman–Crippen MR) is 131 cm³/mol. The van der Waals surface area contributed by atoms with Crippen molar-refractivity contribution in [1.29, 1.82) is 0 Å². The van der Waals surface area contributed by atoms with Gasteiger partial charge >= 0.3 is 0 Å². The number of carbonyl (C=O) groups is 1. The Kier molecular flexibility index (Phi) is 7.62. The van der Waals surface area contributed by atoms with E-state index >= 15 is 0 Å². The van der Waals surface area contributed by atoms with Gasteiger partial charge in [-0.2, -0.15) is 0 Å². The van der Waals surface area contributed by atoms with E-state index in [2.05, 4.69) is 31.9 Å². The molecular formula is C25H35N5O2. The van der Waals surface area contributed by atoms with Crippen molar-refractivity contribution in [3.05, 3.63) is 59.7 Å². The number of guanidine groups is 1. The molecule has 1 aliphatic heterocycles. The maximum Gasteiger partial charge on any atom is 0.251 e. The number of benzene rings is 2. The minimum Gasteiger partial charge on any atom is -0.495 e. The zero-order valence-electron chi connectivity index (χ0n) is 19.7. The zero-order chi connectivity index (χ0) is 23.1. The van der Waals surface area contributed by atoms with Gasteiger partial charge in [0.15, 0.2) is 5.96 Å². The van der Waals surface area contributed by atoms with Crippen LogP contribution in [0.3, 0.4) is 0 Å². The predicted octanol–water partition coefficient (Wildman–Crippen LogP) is 3.17. The van der Waals surface area contributed by atoms with Crippen LogP contribution in [0.5, 0.6) is 5.75 Å². The second-order valence-corrected chi connectivity index (χ2v) is 9.08. The van der Waals surface area contributed by atoms with Gasteiger partial charge in [0, 0.05) is 43.8 Å². The van der Waals surface area contributed by atoms with Gasteiger partial charge in [0.2, 0.25) is 0 Å². The quantitative estimate of drug-likeness (QED) is 0.478. The Balaban J connectivity index is 1.55. The first-order valence-electron chi connectivity index (χ1n) is 11.1. The van der Waals surface area contributed by atoms with Crippen LogP contribution in [0.4, 0.5) is 5.69 Å². The molecule has 0 radical (unpaired) electrons. The number of anilines is 1. The largest absolute Gasteiger partial charge is 0.495 e. The van der Waals surface area contributed by atoms with E-state index < -0.39 is 0 Å². The van der Waals surface area contributed by atoms with Gasteiger partial charge in [0.05, 0.1) is 12.8 Å². The number of hydrogen-bond donors (Lipinski definition) is 3. The molecule has 7 heteroatoms. The van der Waals surface area contributed by atoms with Gasteiger partial charge in [-0.05, 0) is 57.0 Å². The summed E-state index contributed by atoms with van der Waals surface area (Å²) in [6.45, 7) is 8.35. The molecule has 2 aromatic carbocycles. The summed E-state index contributed by atoms with van der Waals surface area (Å²) >= 11 is 0. The first-order valence-corrected chi connectivity index (χ1v) is 11.1. The summed E-state index contributed by atoms with van der Waals surface area (Å²) < 4.78 is 5.51. The third-order valence-electron chi connectivity index (χ3n) is 5.32. The van der Waals surface area contributed by atoms with Gasteiger partial charge in [0.1, 0.15) is 5.75 Å². The van der Waals surface area contributed by atoms with Crippen molar-refractivity contribution in [3.8, 4) is 5.75 Å². The Hall–Kier alpha value is -3.22. The van der Waals surface area contributed by atoms with Crippen LogP contribution in [0.2, 0.25) is 0 Å². The number of hydrogen-bond acceptors (Lipinski definition) is 4. The van der Waals surface area contributed by atoms with Gasteiger partial charge in [0.25, 0.3) is 5.91 Å². The van der Waals surface area contributed by atoms with E-state index in [9.17, 15) is 4.79 Å². The zero-order valence-corrected chi connectivity index (χ0v) is 19.7. The fourth-order valence-corrected chi connectivity index (χ4v) is 3.80. The second kappa shape index (κ2) is 10.4. The van der Waals surface area contributed by atoms with Gasteiger partial charge in [-0.3, -0.25) is 9.79 Å². The topological polar surface area (TPSA) is 78.0 Å². The molecule has 1 heterocycles. The molecule has 1 atom stereocenters. The highest BCUT2D eigenvalue weighted by molar-refractivity contribution is 5.94. The van der Waals surface area contributed by atoms with E-state index in [-0.39, 0.29) is 17.5 Å². The molecule has 32 heavy (non-hydrogen) atoms. The normalized spacial score (nSPS) is 16.6. The summed E-state index contributed by atoms with van der Waals surface area (Å²) in [7, 11) is 3.48. The van der Waals surface area contributed by atoms with Gasteiger partial charge in [-0.1, -0.05) is 24.3 Å². The lowest BCUT2D eigenvalue weighted by Gasteiger charge is -2.22. The Labute approximate surface area is 191 Å². The summed E-state index contributed by atoms with van der Waals surface area (Å²) in [6, 6.07) is 16.1. The summed E-state index contributed by atoms with van der Waals surface area (Å²) in [6.07, 6.45) is 1.02. The van der Waals surface area contributed by atoms with Crippen molar-refractivity contribution in [1.82, 2.24) is 16.0 Å². The SMILES string of the molecule is CN=C(NCc1cccc(C(=O)NC(C)(C)C)c1)NC1CCN(c2ccccc2OC)C1. The van der Waals surface area contributed by atoms with Crippen molar-refractivity contribution in [3.63, 3.8) is 0 Å². The van der Waals surface area contributed by atoms with Crippen LogP contribution in [0.15, 0.2) is 53.5 Å². The Bertz CT molecular complexity index is 951. The lowest BCUT2D eigenvalue weighted by Crippen LogP contribution is -2.44. The molecule has 3 rings (SSSR count). The van der Waals surface area contributed by atoms with Crippen LogP contribution in [0.1, 0.15) is 43.1 Å². The van der Waals surface area contributed by atoms with E-state index in [0.29, 0.717) is 12.1 Å². The van der Waals surface area contributed by atoms with E-state index in [1.54, 1.807) is 14.2 Å². The molecule has 1 fully saturated rings. The van der Waals surface area contributed by atoms with Crippen LogP contribution < -0.4 is 25.6 Å². The smallest absolute Gasteiger partial charge is 0.251 e. The average Bonchev–Trinajstić information content (AvgIpc) is 3.24. The third kappa shape index (κ3) is 6.39. The van der Waals surface area contributed by atoms with Crippen molar-refractivity contribution in [2.45, 2.75) is 45.3 Å². The molecule has 0 spiro atoms. The number of nitrogens with zero attached hydrogens (tertiary/aromatic N) is 2. The van der Waals surface area contributed by atoms with Crippen molar-refractivity contribution >= 4 is 17.6 Å². The first-order chi connectivity index (χ1) is 15.3. The lowest BCUT2D eigenvalue weighted by molar-refractivity contribution is 0.0919. The fraction of sp³-hybridized carbons (Fsp3) is 0.440. The maximum atomic E-state index is 12.4. The third-order valence-corrected chi connectivity index (χ3v) is 5.32. The van der Waals surface area contributed by atoms with E-state index in [4.69, 9.17) is 4.74 Å². The van der Waals surface area contributed by atoms with Crippen LogP contribution in [-0.4, -0.2) is 50.7 Å². The summed E-state index contributed by atoms with van der Waals surface area (Å²) in [4.78, 5) is 19.2. The Morgan fingerprint density at radius 2 is 1.97 bits per heavy atom. The number of rotatable bonds is 6. The van der Waals surface area contributed by atoms with Gasteiger partial charge in [-0.25, -0.2) is 0 Å². The minimum absolute atomic E-state index is 0.0655. The van der Waals surface area contributed by atoms with Crippen LogP contribution in [-0.2, 0) is 6.54 Å². The first kappa shape index (κ1) is 23.4. The lowest BCUT2D eigenvalue weighted by atomic mass is 10.1. The van der Waals surface area contributed by atoms with Crippen molar-refractivity contribution in [2.24, 2.45) is 4.99 Å². The number of para-hydroxylation sites is 2. The highest BCUT2D eigenvalue weighted by Crippen LogP contribution is 2.30. The Morgan fingerprint density at radius 3 is 2.69 bits per heavy atom. The number of aliphatic imine (C=N–C) groups is 1. The molecule has 1 amide bonds. The number of ether oxygens (including phenoxy) is 1. The fourth-order valence-electron chi connectivity index (χ4n) is 3.80. The molecule has 0 bridgehead atoms. The number of carbonyl (C=O) groups excluding carboxylic acids is 1. The standard InChI is InChI=1S/C25H35N5O2/c1-25(2,3)29-23(31)19-10-8-9-18(15-19)16-27-24(26-4)28-20-13-14-30(17-20)21-11-6-7-12-22(21)32-5/h6-12,15,20H,13-14,16-17H2,1-5H3,(H,29,31)(H2,26,27,28). The van der Waals surface area contributed by atoms with Gasteiger partial charge in [-0.15, -0.1) is 0 Å². The molecule has 172 valence electrons. The van der Waals surface area contributed by atoms with E-state index in [1.165, 1.54) is 0 Å². The molecule has 1 unspecified atom stereocenters. The highest BCUT2D eigenvalue weighted by Gasteiger charge is 2.25. The van der Waals surface area contributed by atoms with Crippen molar-refractivity contribution < 1.29 is 9.53 Å². The van der Waals surface area contributed by atoms with Crippen LogP contribution in [0.25, 0.3) is 0 Å². The molecule has 1 aliphatic rings. The van der Waals surface area contributed by atoms with Crippen molar-refractivity contribution in [2.75, 3.05) is 32.1 Å². The molecular weight excluding hydrogens is 402 g/mol. The second-order valence-electron chi connectivity index (χ2n) is 9.08. The molecule has 1 saturated heterocycles. The number of methoxy groups -OCH3 is 1. The summed E-state index contributed by atoms with van der Waals surface area (Å²) in [5.41, 5.74) is 2.53. The van der Waals surface area contributed by atoms with Gasteiger partial charge < -0.3 is 25.6 Å². The molecule has 0 saturated carbocycles. The summed E-state index contributed by atoms with van der Waals surface area (Å²) in [5, 5.41) is 9.89.